The van der Waals surface area contributed by atoms with E-state index in [1.807, 2.05) is 7.05 Å². The van der Waals surface area contributed by atoms with Gasteiger partial charge in [0.15, 0.2) is 5.96 Å². The molecular weight excluding hydrogens is 316 g/mol. The van der Waals surface area contributed by atoms with Crippen LogP contribution in [0, 0.1) is 0 Å². The van der Waals surface area contributed by atoms with E-state index in [0.717, 1.165) is 44.5 Å². The molecule has 1 aliphatic heterocycles. The lowest BCUT2D eigenvalue weighted by molar-refractivity contribution is 0.0487. The molecule has 0 aromatic carbocycles. The number of likely N-dealkylation sites (tertiary alicyclic amines) is 1. The molecule has 2 N–H and O–H groups in total. The fourth-order valence-corrected chi connectivity index (χ4v) is 3.01. The van der Waals surface area contributed by atoms with Gasteiger partial charge in [-0.25, -0.2) is 0 Å². The molecule has 1 rings (SSSR count). The minimum Gasteiger partial charge on any atom is -0.379 e. The maximum Gasteiger partial charge on any atom is 0.191 e. The van der Waals surface area contributed by atoms with Gasteiger partial charge in [0.05, 0.1) is 19.8 Å². The lowest BCUT2D eigenvalue weighted by atomic mass is 10.0. The Morgan fingerprint density at radius 3 is 2.52 bits per heavy atom. The van der Waals surface area contributed by atoms with Crippen LogP contribution in [0.2, 0.25) is 0 Å². The topological polar surface area (TPSA) is 58.1 Å². The highest BCUT2D eigenvalue weighted by Gasteiger charge is 2.16. The minimum absolute atomic E-state index is 0.658. The standard InChI is InChI=1S/C19H40N4O2/c1-4-5-14-24-16-17-25-15-11-22-19(20-3)21-10-8-13-23-12-7-6-9-18(23)2/h18H,4-17H2,1-3H3,(H2,20,21,22). The van der Waals surface area contributed by atoms with Crippen LogP contribution in [0.1, 0.15) is 52.4 Å². The minimum atomic E-state index is 0.658. The third kappa shape index (κ3) is 11.4. The van der Waals surface area contributed by atoms with Crippen molar-refractivity contribution in [3.8, 4) is 0 Å². The molecule has 6 heteroatoms. The zero-order chi connectivity index (χ0) is 18.2. The Labute approximate surface area is 154 Å². The highest BCUT2D eigenvalue weighted by atomic mass is 16.5. The Hall–Kier alpha value is -0.850. The Balaban J connectivity index is 1.94. The Kier molecular flexibility index (Phi) is 13.7. The molecule has 1 unspecified atom stereocenters. The maximum atomic E-state index is 5.55. The number of hydrogen-bond acceptors (Lipinski definition) is 4. The van der Waals surface area contributed by atoms with Crippen molar-refractivity contribution in [3.63, 3.8) is 0 Å². The number of nitrogens with zero attached hydrogens (tertiary/aromatic N) is 2. The average molecular weight is 357 g/mol. The van der Waals surface area contributed by atoms with Crippen LogP contribution in [-0.4, -0.2) is 76.6 Å². The van der Waals surface area contributed by atoms with E-state index in [4.69, 9.17) is 9.47 Å². The molecule has 0 saturated carbocycles. The Bertz CT molecular complexity index is 339. The summed E-state index contributed by atoms with van der Waals surface area (Å²) in [5, 5.41) is 6.67. The highest BCUT2D eigenvalue weighted by molar-refractivity contribution is 5.79. The van der Waals surface area contributed by atoms with Crippen LogP contribution in [-0.2, 0) is 9.47 Å². The molecule has 0 aromatic rings. The van der Waals surface area contributed by atoms with Crippen molar-refractivity contribution >= 4 is 5.96 Å². The van der Waals surface area contributed by atoms with E-state index in [1.165, 1.54) is 38.8 Å². The number of rotatable bonds is 13. The molecule has 148 valence electrons. The van der Waals surface area contributed by atoms with E-state index in [-0.39, 0.29) is 0 Å². The van der Waals surface area contributed by atoms with Gasteiger partial charge in [0.2, 0.25) is 0 Å². The second-order valence-corrected chi connectivity index (χ2v) is 6.74. The van der Waals surface area contributed by atoms with Crippen LogP contribution >= 0.6 is 0 Å². The Morgan fingerprint density at radius 1 is 1.04 bits per heavy atom. The van der Waals surface area contributed by atoms with Crippen molar-refractivity contribution < 1.29 is 9.47 Å². The van der Waals surface area contributed by atoms with Gasteiger partial charge in [-0.1, -0.05) is 19.8 Å². The van der Waals surface area contributed by atoms with Crippen molar-refractivity contribution in [1.82, 2.24) is 15.5 Å². The lowest BCUT2D eigenvalue weighted by Gasteiger charge is -2.33. The molecule has 25 heavy (non-hydrogen) atoms. The fraction of sp³-hybridized carbons (Fsp3) is 0.947. The van der Waals surface area contributed by atoms with Gasteiger partial charge >= 0.3 is 0 Å². The second kappa shape index (κ2) is 15.4. The van der Waals surface area contributed by atoms with E-state index < -0.39 is 0 Å². The summed E-state index contributed by atoms with van der Waals surface area (Å²) in [6.45, 7) is 11.5. The first-order valence-corrected chi connectivity index (χ1v) is 10.1. The molecule has 1 heterocycles. The quantitative estimate of drug-likeness (QED) is 0.301. The van der Waals surface area contributed by atoms with Gasteiger partial charge in [-0.2, -0.15) is 0 Å². The highest BCUT2D eigenvalue weighted by Crippen LogP contribution is 2.15. The zero-order valence-corrected chi connectivity index (χ0v) is 16.7. The van der Waals surface area contributed by atoms with Crippen molar-refractivity contribution in [2.75, 3.05) is 59.7 Å². The van der Waals surface area contributed by atoms with Crippen LogP contribution < -0.4 is 10.6 Å². The van der Waals surface area contributed by atoms with Crippen molar-refractivity contribution in [1.29, 1.82) is 0 Å². The molecule has 0 spiro atoms. The number of ether oxygens (including phenoxy) is 2. The van der Waals surface area contributed by atoms with Gasteiger partial charge in [-0.15, -0.1) is 0 Å². The second-order valence-electron chi connectivity index (χ2n) is 6.74. The molecule has 1 atom stereocenters. The van der Waals surface area contributed by atoms with Crippen LogP contribution in [0.15, 0.2) is 4.99 Å². The number of hydrogen-bond donors (Lipinski definition) is 2. The van der Waals surface area contributed by atoms with Gasteiger partial charge in [0.1, 0.15) is 0 Å². The van der Waals surface area contributed by atoms with E-state index >= 15 is 0 Å². The first-order chi connectivity index (χ1) is 12.3. The summed E-state index contributed by atoms with van der Waals surface area (Å²) in [4.78, 5) is 6.86. The van der Waals surface area contributed by atoms with Gasteiger partial charge in [-0.05, 0) is 39.2 Å². The van der Waals surface area contributed by atoms with Crippen LogP contribution in [0.25, 0.3) is 0 Å². The molecule has 0 bridgehead atoms. The van der Waals surface area contributed by atoms with Gasteiger partial charge in [0.25, 0.3) is 0 Å². The summed E-state index contributed by atoms with van der Waals surface area (Å²) < 4.78 is 11.0. The van der Waals surface area contributed by atoms with Gasteiger partial charge < -0.3 is 25.0 Å². The lowest BCUT2D eigenvalue weighted by Crippen LogP contribution is -2.42. The first kappa shape index (κ1) is 22.2. The summed E-state index contributed by atoms with van der Waals surface area (Å²) in [6.07, 6.45) is 7.54. The summed E-state index contributed by atoms with van der Waals surface area (Å²) in [5.41, 5.74) is 0. The number of piperidine rings is 1. The van der Waals surface area contributed by atoms with Crippen molar-refractivity contribution in [2.24, 2.45) is 4.99 Å². The Morgan fingerprint density at radius 2 is 1.80 bits per heavy atom. The summed E-state index contributed by atoms with van der Waals surface area (Å²) in [6, 6.07) is 0.745. The predicted molar refractivity (Wildman–Crippen MR) is 105 cm³/mol. The molecule has 0 amide bonds. The third-order valence-corrected chi connectivity index (χ3v) is 4.63. The number of unbranched alkanes of at least 4 members (excludes halogenated alkanes) is 1. The molecule has 0 aromatic heterocycles. The average Bonchev–Trinajstić information content (AvgIpc) is 2.63. The predicted octanol–water partition coefficient (Wildman–Crippen LogP) is 2.25. The summed E-state index contributed by atoms with van der Waals surface area (Å²) >= 11 is 0. The van der Waals surface area contributed by atoms with Crippen LogP contribution in [0.5, 0.6) is 0 Å². The normalized spacial score (nSPS) is 19.2. The molecule has 0 aliphatic carbocycles. The van der Waals surface area contributed by atoms with Crippen LogP contribution in [0.3, 0.4) is 0 Å². The van der Waals surface area contributed by atoms with Gasteiger partial charge in [-0.3, -0.25) is 4.99 Å². The molecule has 1 fully saturated rings. The summed E-state index contributed by atoms with van der Waals surface area (Å²) in [7, 11) is 1.81. The smallest absolute Gasteiger partial charge is 0.191 e. The number of guanidine groups is 1. The maximum absolute atomic E-state index is 5.55. The van der Waals surface area contributed by atoms with Crippen molar-refractivity contribution in [3.05, 3.63) is 0 Å². The van der Waals surface area contributed by atoms with Crippen LogP contribution in [0.4, 0.5) is 0 Å². The third-order valence-electron chi connectivity index (χ3n) is 4.63. The first-order valence-electron chi connectivity index (χ1n) is 10.1. The van der Waals surface area contributed by atoms with Gasteiger partial charge in [0, 0.05) is 39.3 Å². The molecule has 0 radical (unpaired) electrons. The number of nitrogens with one attached hydrogen (secondary N) is 2. The zero-order valence-electron chi connectivity index (χ0n) is 16.7. The SMILES string of the molecule is CCCCOCCOCCNC(=NC)NCCCN1CCCCC1C. The van der Waals surface area contributed by atoms with E-state index in [1.54, 1.807) is 0 Å². The van der Waals surface area contributed by atoms with E-state index in [2.05, 4.69) is 34.4 Å². The molecule has 1 aliphatic rings. The van der Waals surface area contributed by atoms with E-state index in [0.29, 0.717) is 19.8 Å². The fourth-order valence-electron chi connectivity index (χ4n) is 3.01. The monoisotopic (exact) mass is 356 g/mol. The molecule has 6 nitrogen and oxygen atoms in total. The molecule has 1 saturated heterocycles. The molecular formula is C19H40N4O2. The van der Waals surface area contributed by atoms with E-state index in [9.17, 15) is 0 Å². The van der Waals surface area contributed by atoms with Crippen molar-refractivity contribution in [2.45, 2.75) is 58.4 Å². The largest absolute Gasteiger partial charge is 0.379 e. The summed E-state index contributed by atoms with van der Waals surface area (Å²) in [5.74, 6) is 0.856. The number of aliphatic imine (C=N–C) groups is 1.